The van der Waals surface area contributed by atoms with Crippen LogP contribution in [-0.2, 0) is 9.47 Å². The molecule has 0 aromatic heterocycles. The zero-order chi connectivity index (χ0) is 13.4. The average molecular weight is 255 g/mol. The summed E-state index contributed by atoms with van der Waals surface area (Å²) in [6.07, 6.45) is 0.433. The lowest BCUT2D eigenvalue weighted by molar-refractivity contribution is -0.142. The van der Waals surface area contributed by atoms with Crippen LogP contribution >= 0.6 is 0 Å². The highest BCUT2D eigenvalue weighted by Crippen LogP contribution is 2.22. The molecule has 1 aromatic carbocycles. The maximum atomic E-state index is 12.9. The van der Waals surface area contributed by atoms with Gasteiger partial charge in [0, 0.05) is 25.6 Å². The lowest BCUT2D eigenvalue weighted by atomic mass is 9.95. The van der Waals surface area contributed by atoms with Gasteiger partial charge in [-0.3, -0.25) is 0 Å². The van der Waals surface area contributed by atoms with Gasteiger partial charge in [0.25, 0.3) is 0 Å². The summed E-state index contributed by atoms with van der Waals surface area (Å²) in [4.78, 5) is 0. The third kappa shape index (κ3) is 4.72. The van der Waals surface area contributed by atoms with E-state index in [0.717, 1.165) is 5.56 Å². The largest absolute Gasteiger partial charge is 0.353 e. The molecule has 0 spiro atoms. The topological polar surface area (TPSA) is 44.5 Å². The van der Waals surface area contributed by atoms with Crippen molar-refractivity contribution in [2.75, 3.05) is 19.8 Å². The molecule has 0 bridgehead atoms. The van der Waals surface area contributed by atoms with Crippen LogP contribution < -0.4 is 5.73 Å². The van der Waals surface area contributed by atoms with Crippen LogP contribution in [0, 0.1) is 5.82 Å². The van der Waals surface area contributed by atoms with Crippen molar-refractivity contribution < 1.29 is 13.9 Å². The maximum Gasteiger partial charge on any atom is 0.158 e. The van der Waals surface area contributed by atoms with Gasteiger partial charge in [0.15, 0.2) is 6.29 Å². The van der Waals surface area contributed by atoms with E-state index in [-0.39, 0.29) is 18.0 Å². The fourth-order valence-corrected chi connectivity index (χ4v) is 1.89. The molecule has 1 rings (SSSR count). The zero-order valence-electron chi connectivity index (χ0n) is 11.1. The van der Waals surface area contributed by atoms with Crippen molar-refractivity contribution in [1.82, 2.24) is 0 Å². The fraction of sp³-hybridized carbons (Fsp3) is 0.571. The van der Waals surface area contributed by atoms with Gasteiger partial charge in [0.1, 0.15) is 5.82 Å². The van der Waals surface area contributed by atoms with Gasteiger partial charge in [-0.1, -0.05) is 12.1 Å². The quantitative estimate of drug-likeness (QED) is 0.726. The van der Waals surface area contributed by atoms with E-state index in [2.05, 4.69) is 0 Å². The summed E-state index contributed by atoms with van der Waals surface area (Å²) in [6.45, 7) is 5.56. The Morgan fingerprint density at radius 3 is 2.11 bits per heavy atom. The van der Waals surface area contributed by atoms with Crippen molar-refractivity contribution in [3.63, 3.8) is 0 Å². The summed E-state index contributed by atoms with van der Waals surface area (Å²) in [6, 6.07) is 6.44. The summed E-state index contributed by atoms with van der Waals surface area (Å²) in [5.41, 5.74) is 6.80. The van der Waals surface area contributed by atoms with Gasteiger partial charge in [-0.25, -0.2) is 4.39 Å². The van der Waals surface area contributed by atoms with Crippen LogP contribution in [0.4, 0.5) is 4.39 Å². The third-order valence-electron chi connectivity index (χ3n) is 2.81. The lowest BCUT2D eigenvalue weighted by Crippen LogP contribution is -2.24. The van der Waals surface area contributed by atoms with Crippen LogP contribution in [0.15, 0.2) is 24.3 Å². The van der Waals surface area contributed by atoms with Gasteiger partial charge >= 0.3 is 0 Å². The molecule has 1 unspecified atom stereocenters. The van der Waals surface area contributed by atoms with Crippen LogP contribution in [0.2, 0.25) is 0 Å². The SMILES string of the molecule is CCOC(CC(CN)c1ccc(F)cc1)OCC. The first-order valence-corrected chi connectivity index (χ1v) is 6.39. The molecule has 0 amide bonds. The molecule has 0 heterocycles. The molecular formula is C14H22FNO2. The molecule has 4 heteroatoms. The number of rotatable bonds is 8. The van der Waals surface area contributed by atoms with E-state index in [9.17, 15) is 4.39 Å². The van der Waals surface area contributed by atoms with Gasteiger partial charge in [0.05, 0.1) is 0 Å². The first-order chi connectivity index (χ1) is 8.71. The second kappa shape index (κ2) is 8.19. The van der Waals surface area contributed by atoms with Crippen molar-refractivity contribution in [1.29, 1.82) is 0 Å². The fourth-order valence-electron chi connectivity index (χ4n) is 1.89. The van der Waals surface area contributed by atoms with E-state index in [1.165, 1.54) is 12.1 Å². The molecule has 3 nitrogen and oxygen atoms in total. The Kier molecular flexibility index (Phi) is 6.86. The minimum atomic E-state index is -0.251. The first kappa shape index (κ1) is 15.1. The Labute approximate surface area is 108 Å². The van der Waals surface area contributed by atoms with Crippen molar-refractivity contribution in [3.8, 4) is 0 Å². The molecular weight excluding hydrogens is 233 g/mol. The van der Waals surface area contributed by atoms with E-state index < -0.39 is 0 Å². The minimum absolute atomic E-state index is 0.119. The summed E-state index contributed by atoms with van der Waals surface area (Å²) in [7, 11) is 0. The molecule has 0 fully saturated rings. The van der Waals surface area contributed by atoms with Crippen LogP contribution in [0.5, 0.6) is 0 Å². The molecule has 0 saturated heterocycles. The second-order valence-electron chi connectivity index (χ2n) is 4.06. The van der Waals surface area contributed by atoms with Crippen molar-refractivity contribution in [3.05, 3.63) is 35.6 Å². The van der Waals surface area contributed by atoms with E-state index in [1.807, 2.05) is 13.8 Å². The molecule has 18 heavy (non-hydrogen) atoms. The Hall–Kier alpha value is -0.970. The number of hydrogen-bond acceptors (Lipinski definition) is 3. The van der Waals surface area contributed by atoms with E-state index >= 15 is 0 Å². The van der Waals surface area contributed by atoms with E-state index in [4.69, 9.17) is 15.2 Å². The predicted molar refractivity (Wildman–Crippen MR) is 69.9 cm³/mol. The second-order valence-corrected chi connectivity index (χ2v) is 4.06. The molecule has 1 aromatic rings. The van der Waals surface area contributed by atoms with Gasteiger partial charge < -0.3 is 15.2 Å². The van der Waals surface area contributed by atoms with Crippen LogP contribution in [0.25, 0.3) is 0 Å². The number of nitrogens with two attached hydrogens (primary N) is 1. The van der Waals surface area contributed by atoms with Crippen LogP contribution in [-0.4, -0.2) is 26.0 Å². The molecule has 0 aliphatic rings. The Balaban J connectivity index is 2.67. The Bertz CT molecular complexity index is 323. The van der Waals surface area contributed by atoms with E-state index in [1.54, 1.807) is 12.1 Å². The molecule has 1 atom stereocenters. The number of halogens is 1. The molecule has 2 N–H and O–H groups in total. The van der Waals surface area contributed by atoms with Crippen molar-refractivity contribution >= 4 is 0 Å². The lowest BCUT2D eigenvalue weighted by Gasteiger charge is -2.22. The van der Waals surface area contributed by atoms with Crippen LogP contribution in [0.3, 0.4) is 0 Å². The predicted octanol–water partition coefficient (Wildman–Crippen LogP) is 2.66. The van der Waals surface area contributed by atoms with E-state index in [0.29, 0.717) is 26.2 Å². The Morgan fingerprint density at radius 2 is 1.67 bits per heavy atom. The molecule has 0 aliphatic carbocycles. The Morgan fingerprint density at radius 1 is 1.11 bits per heavy atom. The summed E-state index contributed by atoms with van der Waals surface area (Å²) < 4.78 is 23.9. The highest BCUT2D eigenvalue weighted by atomic mass is 19.1. The third-order valence-corrected chi connectivity index (χ3v) is 2.81. The maximum absolute atomic E-state index is 12.9. The summed E-state index contributed by atoms with van der Waals surface area (Å²) in [5, 5.41) is 0. The summed E-state index contributed by atoms with van der Waals surface area (Å²) >= 11 is 0. The summed E-state index contributed by atoms with van der Waals surface area (Å²) in [5.74, 6) is -0.116. The number of ether oxygens (including phenoxy) is 2. The van der Waals surface area contributed by atoms with Crippen molar-refractivity contribution in [2.24, 2.45) is 5.73 Å². The van der Waals surface area contributed by atoms with Gasteiger partial charge in [-0.2, -0.15) is 0 Å². The normalized spacial score (nSPS) is 12.9. The number of hydrogen-bond donors (Lipinski definition) is 1. The zero-order valence-corrected chi connectivity index (χ0v) is 11.1. The molecule has 102 valence electrons. The van der Waals surface area contributed by atoms with Crippen LogP contribution in [0.1, 0.15) is 31.7 Å². The minimum Gasteiger partial charge on any atom is -0.353 e. The first-order valence-electron chi connectivity index (χ1n) is 6.39. The average Bonchev–Trinajstić information content (AvgIpc) is 2.37. The monoisotopic (exact) mass is 255 g/mol. The molecule has 0 aliphatic heterocycles. The van der Waals surface area contributed by atoms with Gasteiger partial charge in [-0.05, 0) is 38.1 Å². The van der Waals surface area contributed by atoms with Crippen molar-refractivity contribution in [2.45, 2.75) is 32.5 Å². The molecule has 0 saturated carbocycles. The smallest absolute Gasteiger partial charge is 0.158 e. The van der Waals surface area contributed by atoms with Gasteiger partial charge in [0.2, 0.25) is 0 Å². The number of benzene rings is 1. The van der Waals surface area contributed by atoms with Gasteiger partial charge in [-0.15, -0.1) is 0 Å². The highest BCUT2D eigenvalue weighted by molar-refractivity contribution is 5.20. The molecule has 0 radical (unpaired) electrons. The highest BCUT2D eigenvalue weighted by Gasteiger charge is 2.17. The standard InChI is InChI=1S/C14H22FNO2/c1-3-17-14(18-4-2)9-12(10-16)11-5-7-13(15)8-6-11/h5-8,12,14H,3-4,9-10,16H2,1-2H3.